The highest BCUT2D eigenvalue weighted by Gasteiger charge is 2.18. The number of rotatable bonds is 1. The van der Waals surface area contributed by atoms with Gasteiger partial charge in [0.2, 0.25) is 0 Å². The summed E-state index contributed by atoms with van der Waals surface area (Å²) in [5.41, 5.74) is 4.22. The van der Waals surface area contributed by atoms with Crippen LogP contribution >= 0.6 is 22.9 Å². The molecule has 1 aliphatic carbocycles. The molecule has 3 aromatic rings. The smallest absolute Gasteiger partial charge is 0.0646 e. The Bertz CT molecular complexity index is 750. The van der Waals surface area contributed by atoms with Crippen molar-refractivity contribution >= 4 is 44.7 Å². The zero-order chi connectivity index (χ0) is 12.8. The van der Waals surface area contributed by atoms with Crippen LogP contribution in [0.3, 0.4) is 0 Å². The quantitative estimate of drug-likeness (QED) is 0.494. The van der Waals surface area contributed by atoms with Gasteiger partial charge in [0.1, 0.15) is 0 Å². The van der Waals surface area contributed by atoms with Crippen LogP contribution < -0.4 is 0 Å². The number of hydrogen-bond donors (Lipinski definition) is 0. The minimum absolute atomic E-state index is 0.791. The summed E-state index contributed by atoms with van der Waals surface area (Å²) in [4.78, 5) is 0. The van der Waals surface area contributed by atoms with Crippen molar-refractivity contribution in [3.05, 3.63) is 48.0 Å². The van der Waals surface area contributed by atoms with Crippen molar-refractivity contribution in [1.82, 2.24) is 2.78 Å². The normalized spacial score (nSPS) is 16.7. The molecule has 96 valence electrons. The molecule has 0 radical (unpaired) electrons. The maximum Gasteiger partial charge on any atom is 0.0646 e. The van der Waals surface area contributed by atoms with Crippen LogP contribution in [-0.4, -0.2) is 2.78 Å². The Morgan fingerprint density at radius 2 is 1.63 bits per heavy atom. The predicted octanol–water partition coefficient (Wildman–Crippen LogP) is 5.65. The van der Waals surface area contributed by atoms with Crippen LogP contribution in [0.25, 0.3) is 21.8 Å². The highest BCUT2D eigenvalue weighted by molar-refractivity contribution is 14.1. The number of para-hydroxylation sites is 1. The lowest BCUT2D eigenvalue weighted by Crippen LogP contribution is -1.91. The minimum Gasteiger partial charge on any atom is -0.282 e. The third kappa shape index (κ3) is 1.80. The highest BCUT2D eigenvalue weighted by atomic mass is 127. The fourth-order valence-corrected chi connectivity index (χ4v) is 4.27. The van der Waals surface area contributed by atoms with Gasteiger partial charge in [-0.3, -0.25) is 2.78 Å². The van der Waals surface area contributed by atoms with E-state index in [1.807, 2.05) is 0 Å². The largest absolute Gasteiger partial charge is 0.282 e. The second-order valence-electron chi connectivity index (χ2n) is 5.56. The fraction of sp³-hybridized carbons (Fsp3) is 0.294. The van der Waals surface area contributed by atoms with E-state index in [0.717, 1.165) is 5.92 Å². The topological polar surface area (TPSA) is 4.93 Å². The van der Waals surface area contributed by atoms with Gasteiger partial charge in [-0.15, -0.1) is 0 Å². The van der Waals surface area contributed by atoms with E-state index in [0.29, 0.717) is 0 Å². The summed E-state index contributed by atoms with van der Waals surface area (Å²) in [7, 11) is 0. The molecule has 1 aromatic heterocycles. The molecule has 1 heterocycles. The Kier molecular flexibility index (Phi) is 2.79. The average Bonchev–Trinajstić information content (AvgIpc) is 3.08. The van der Waals surface area contributed by atoms with Gasteiger partial charge in [0, 0.05) is 10.8 Å². The van der Waals surface area contributed by atoms with E-state index < -0.39 is 0 Å². The van der Waals surface area contributed by atoms with Crippen molar-refractivity contribution in [3.8, 4) is 0 Å². The average molecular weight is 361 g/mol. The Labute approximate surface area is 127 Å². The van der Waals surface area contributed by atoms with Crippen molar-refractivity contribution in [3.63, 3.8) is 0 Å². The van der Waals surface area contributed by atoms with E-state index in [-0.39, 0.29) is 0 Å². The summed E-state index contributed by atoms with van der Waals surface area (Å²) in [6, 6.07) is 15.8. The lowest BCUT2D eigenvalue weighted by Gasteiger charge is -2.09. The maximum atomic E-state index is 2.43. The van der Waals surface area contributed by atoms with Gasteiger partial charge in [0.05, 0.1) is 33.9 Å². The lowest BCUT2D eigenvalue weighted by atomic mass is 9.96. The molecule has 1 nitrogen and oxygen atoms in total. The van der Waals surface area contributed by atoms with E-state index in [4.69, 9.17) is 0 Å². The predicted molar refractivity (Wildman–Crippen MR) is 90.1 cm³/mol. The van der Waals surface area contributed by atoms with Crippen molar-refractivity contribution in [1.29, 1.82) is 0 Å². The number of benzene rings is 2. The first-order chi connectivity index (χ1) is 9.34. The Balaban J connectivity index is 1.98. The summed E-state index contributed by atoms with van der Waals surface area (Å²) in [5, 5.41) is 2.75. The first kappa shape index (κ1) is 11.8. The second-order valence-corrected chi connectivity index (χ2v) is 6.52. The van der Waals surface area contributed by atoms with Crippen LogP contribution in [0.1, 0.15) is 37.2 Å². The number of aromatic nitrogens is 1. The van der Waals surface area contributed by atoms with Gasteiger partial charge in [-0.05, 0) is 36.5 Å². The molecule has 0 aliphatic heterocycles. The molecule has 1 aliphatic rings. The molecule has 2 heteroatoms. The third-order valence-corrected chi connectivity index (χ3v) is 5.51. The molecular formula is C17H16IN. The summed E-state index contributed by atoms with van der Waals surface area (Å²) < 4.78 is 2.31. The Morgan fingerprint density at radius 1 is 0.895 bits per heavy atom. The fourth-order valence-electron chi connectivity index (χ4n) is 3.45. The molecule has 0 amide bonds. The molecule has 4 rings (SSSR count). The van der Waals surface area contributed by atoms with E-state index in [1.165, 1.54) is 53.1 Å². The van der Waals surface area contributed by atoms with Crippen LogP contribution in [0.15, 0.2) is 42.5 Å². The summed E-state index contributed by atoms with van der Waals surface area (Å²) >= 11 is 2.43. The van der Waals surface area contributed by atoms with E-state index in [2.05, 4.69) is 68.1 Å². The van der Waals surface area contributed by atoms with E-state index in [1.54, 1.807) is 0 Å². The number of hydrogen-bond acceptors (Lipinski definition) is 0. The Morgan fingerprint density at radius 3 is 2.47 bits per heavy atom. The van der Waals surface area contributed by atoms with Crippen LogP contribution in [0.5, 0.6) is 0 Å². The van der Waals surface area contributed by atoms with Crippen LogP contribution in [0.2, 0.25) is 0 Å². The monoisotopic (exact) mass is 361 g/mol. The second kappa shape index (κ2) is 4.51. The lowest BCUT2D eigenvalue weighted by molar-refractivity contribution is 0.724. The first-order valence-electron chi connectivity index (χ1n) is 7.04. The molecule has 0 spiro atoms. The van der Waals surface area contributed by atoms with Gasteiger partial charge in [0.15, 0.2) is 0 Å². The summed E-state index contributed by atoms with van der Waals surface area (Å²) in [6.07, 6.45) is 5.53. The maximum absolute atomic E-state index is 2.43. The third-order valence-electron chi connectivity index (χ3n) is 4.47. The van der Waals surface area contributed by atoms with Gasteiger partial charge < -0.3 is 0 Å². The van der Waals surface area contributed by atoms with Gasteiger partial charge in [0.25, 0.3) is 0 Å². The minimum atomic E-state index is 0.791. The van der Waals surface area contributed by atoms with E-state index >= 15 is 0 Å². The molecule has 0 N–H and O–H groups in total. The first-order valence-corrected chi connectivity index (χ1v) is 8.00. The zero-order valence-electron chi connectivity index (χ0n) is 10.8. The number of nitrogens with zero attached hydrogens (tertiary/aromatic N) is 1. The summed E-state index contributed by atoms with van der Waals surface area (Å²) in [6.45, 7) is 0. The molecule has 19 heavy (non-hydrogen) atoms. The molecule has 0 bridgehead atoms. The van der Waals surface area contributed by atoms with Gasteiger partial charge in [-0.25, -0.2) is 0 Å². The number of halogens is 1. The van der Waals surface area contributed by atoms with Crippen molar-refractivity contribution in [2.24, 2.45) is 0 Å². The molecular weight excluding hydrogens is 345 g/mol. The van der Waals surface area contributed by atoms with Gasteiger partial charge in [-0.1, -0.05) is 43.2 Å². The molecule has 1 saturated carbocycles. The molecule has 0 saturated heterocycles. The Hall–Kier alpha value is -1.03. The highest BCUT2D eigenvalue weighted by Crippen LogP contribution is 2.37. The van der Waals surface area contributed by atoms with Gasteiger partial charge >= 0.3 is 0 Å². The number of fused-ring (bicyclic) bond motifs is 3. The summed E-state index contributed by atoms with van der Waals surface area (Å²) in [5.74, 6) is 0.791. The standard InChI is InChI=1S/C17H16IN/c18-19-16-8-4-3-7-14(16)15-10-9-13(11-17(15)19)12-5-1-2-6-12/h3-4,7-12H,1-2,5-6H2. The molecule has 1 fully saturated rings. The molecule has 0 atom stereocenters. The van der Waals surface area contributed by atoms with E-state index in [9.17, 15) is 0 Å². The van der Waals surface area contributed by atoms with Crippen molar-refractivity contribution in [2.75, 3.05) is 0 Å². The molecule has 2 aromatic carbocycles. The van der Waals surface area contributed by atoms with Crippen molar-refractivity contribution in [2.45, 2.75) is 31.6 Å². The zero-order valence-corrected chi connectivity index (χ0v) is 12.9. The van der Waals surface area contributed by atoms with Crippen LogP contribution in [-0.2, 0) is 0 Å². The van der Waals surface area contributed by atoms with Crippen LogP contribution in [0.4, 0.5) is 0 Å². The van der Waals surface area contributed by atoms with Crippen molar-refractivity contribution < 1.29 is 0 Å². The molecule has 0 unspecified atom stereocenters. The SMILES string of the molecule is In1c2ccccc2c2ccc(C3CCCC3)cc21. The van der Waals surface area contributed by atoms with Gasteiger partial charge in [-0.2, -0.15) is 0 Å². The van der Waals surface area contributed by atoms with Crippen LogP contribution in [0, 0.1) is 0 Å².